The summed E-state index contributed by atoms with van der Waals surface area (Å²) in [5.41, 5.74) is 1.15. The topological polar surface area (TPSA) is 44.7 Å². The predicted octanol–water partition coefficient (Wildman–Crippen LogP) is 1.69. The first-order chi connectivity index (χ1) is 8.69. The molecule has 0 aromatic heterocycles. The molecule has 1 amide bonds. The van der Waals surface area contributed by atoms with E-state index >= 15 is 0 Å². The van der Waals surface area contributed by atoms with Crippen LogP contribution in [0.5, 0.6) is 0 Å². The van der Waals surface area contributed by atoms with Gasteiger partial charge in [0.05, 0.1) is 0 Å². The molecule has 1 aliphatic heterocycles. The van der Waals surface area contributed by atoms with Gasteiger partial charge < -0.3 is 4.90 Å². The molecule has 1 fully saturated rings. The van der Waals surface area contributed by atoms with Crippen LogP contribution < -0.4 is 5.32 Å². The normalized spacial score (nSPS) is 17.3. The SMILES string of the molecule is CCN1CC(=O)NC1=NCCc1cccc(Cl)c1. The summed E-state index contributed by atoms with van der Waals surface area (Å²) in [4.78, 5) is 17.6. The predicted molar refractivity (Wildman–Crippen MR) is 72.8 cm³/mol. The van der Waals surface area contributed by atoms with Gasteiger partial charge in [-0.15, -0.1) is 0 Å². The van der Waals surface area contributed by atoms with Gasteiger partial charge in [-0.1, -0.05) is 23.7 Å². The highest BCUT2D eigenvalue weighted by atomic mass is 35.5. The van der Waals surface area contributed by atoms with E-state index in [2.05, 4.69) is 10.3 Å². The van der Waals surface area contributed by atoms with Crippen LogP contribution in [-0.2, 0) is 11.2 Å². The van der Waals surface area contributed by atoms with Gasteiger partial charge >= 0.3 is 0 Å². The van der Waals surface area contributed by atoms with Gasteiger partial charge in [-0.25, -0.2) is 0 Å². The minimum absolute atomic E-state index is 0.0124. The molecular formula is C13H16ClN3O. The number of nitrogens with one attached hydrogen (secondary N) is 1. The molecule has 5 heteroatoms. The fraction of sp³-hybridized carbons (Fsp3) is 0.385. The summed E-state index contributed by atoms with van der Waals surface area (Å²) in [5, 5.41) is 3.50. The van der Waals surface area contributed by atoms with E-state index in [0.717, 1.165) is 23.6 Å². The van der Waals surface area contributed by atoms with Crippen molar-refractivity contribution in [3.05, 3.63) is 34.9 Å². The second-order valence-electron chi connectivity index (χ2n) is 4.15. The average molecular weight is 266 g/mol. The summed E-state index contributed by atoms with van der Waals surface area (Å²) >= 11 is 5.91. The van der Waals surface area contributed by atoms with Crippen LogP contribution in [0.2, 0.25) is 5.02 Å². The molecule has 1 N–H and O–H groups in total. The molecule has 0 aliphatic carbocycles. The Morgan fingerprint density at radius 2 is 2.33 bits per heavy atom. The maximum absolute atomic E-state index is 11.2. The van der Waals surface area contributed by atoms with E-state index < -0.39 is 0 Å². The highest BCUT2D eigenvalue weighted by Crippen LogP contribution is 2.11. The van der Waals surface area contributed by atoms with E-state index in [9.17, 15) is 4.79 Å². The molecule has 18 heavy (non-hydrogen) atoms. The number of likely N-dealkylation sites (N-methyl/N-ethyl adjacent to an activating group) is 1. The number of carbonyl (C=O) groups excluding carboxylic acids is 1. The Kier molecular flexibility index (Phi) is 4.20. The fourth-order valence-corrected chi connectivity index (χ4v) is 2.09. The van der Waals surface area contributed by atoms with Crippen LogP contribution >= 0.6 is 11.6 Å². The summed E-state index contributed by atoms with van der Waals surface area (Å²) in [7, 11) is 0. The van der Waals surface area contributed by atoms with Gasteiger partial charge in [-0.3, -0.25) is 15.1 Å². The lowest BCUT2D eigenvalue weighted by molar-refractivity contribution is -0.118. The van der Waals surface area contributed by atoms with Crippen molar-refractivity contribution >= 4 is 23.5 Å². The number of carbonyl (C=O) groups is 1. The standard InChI is InChI=1S/C13H16ClN3O/c1-2-17-9-12(18)16-13(17)15-7-6-10-4-3-5-11(14)8-10/h3-5,8H,2,6-7,9H2,1H3,(H,15,16,18). The Bertz CT molecular complexity index is 473. The maximum atomic E-state index is 11.2. The number of amides is 1. The maximum Gasteiger partial charge on any atom is 0.246 e. The summed E-state index contributed by atoms with van der Waals surface area (Å²) < 4.78 is 0. The number of guanidine groups is 1. The molecular weight excluding hydrogens is 250 g/mol. The molecule has 0 spiro atoms. The van der Waals surface area contributed by atoms with Crippen molar-refractivity contribution in [3.8, 4) is 0 Å². The van der Waals surface area contributed by atoms with Crippen LogP contribution in [0.25, 0.3) is 0 Å². The number of halogens is 1. The van der Waals surface area contributed by atoms with E-state index in [0.29, 0.717) is 19.0 Å². The lowest BCUT2D eigenvalue weighted by Gasteiger charge is -2.13. The molecule has 1 aliphatic rings. The second-order valence-corrected chi connectivity index (χ2v) is 4.58. The number of nitrogens with zero attached hydrogens (tertiary/aromatic N) is 2. The first-order valence-corrected chi connectivity index (χ1v) is 6.40. The van der Waals surface area contributed by atoms with Crippen molar-refractivity contribution < 1.29 is 4.79 Å². The van der Waals surface area contributed by atoms with Crippen LogP contribution in [-0.4, -0.2) is 36.4 Å². The van der Waals surface area contributed by atoms with Gasteiger partial charge in [0.2, 0.25) is 11.9 Å². The van der Waals surface area contributed by atoms with Crippen LogP contribution in [0.1, 0.15) is 12.5 Å². The molecule has 0 bridgehead atoms. The van der Waals surface area contributed by atoms with E-state index in [-0.39, 0.29) is 5.91 Å². The van der Waals surface area contributed by atoms with Crippen LogP contribution in [0.15, 0.2) is 29.3 Å². The third kappa shape index (κ3) is 3.23. The highest BCUT2D eigenvalue weighted by molar-refractivity contribution is 6.30. The number of aliphatic imine (C=N–C) groups is 1. The first kappa shape index (κ1) is 12.9. The molecule has 1 aromatic carbocycles. The van der Waals surface area contributed by atoms with Crippen molar-refractivity contribution in [1.82, 2.24) is 10.2 Å². The second kappa shape index (κ2) is 5.87. The molecule has 1 heterocycles. The molecule has 1 aromatic rings. The average Bonchev–Trinajstić information content (AvgIpc) is 2.70. The zero-order chi connectivity index (χ0) is 13.0. The summed E-state index contributed by atoms with van der Waals surface area (Å²) in [6, 6.07) is 7.75. The zero-order valence-electron chi connectivity index (χ0n) is 10.3. The number of benzene rings is 1. The van der Waals surface area contributed by atoms with Gasteiger partial charge in [-0.05, 0) is 31.0 Å². The highest BCUT2D eigenvalue weighted by Gasteiger charge is 2.22. The van der Waals surface area contributed by atoms with E-state index in [1.165, 1.54) is 0 Å². The van der Waals surface area contributed by atoms with Gasteiger partial charge in [-0.2, -0.15) is 0 Å². The molecule has 4 nitrogen and oxygen atoms in total. The molecule has 2 rings (SSSR count). The molecule has 0 saturated carbocycles. The lowest BCUT2D eigenvalue weighted by atomic mass is 10.1. The quantitative estimate of drug-likeness (QED) is 0.900. The number of rotatable bonds is 4. The number of hydrogen-bond acceptors (Lipinski definition) is 2. The summed E-state index contributed by atoms with van der Waals surface area (Å²) in [5.74, 6) is 0.697. The molecule has 0 unspecified atom stereocenters. The van der Waals surface area contributed by atoms with E-state index in [1.54, 1.807) is 0 Å². The Balaban J connectivity index is 1.93. The smallest absolute Gasteiger partial charge is 0.246 e. The largest absolute Gasteiger partial charge is 0.334 e. The summed E-state index contributed by atoms with van der Waals surface area (Å²) in [6.45, 7) is 3.85. The van der Waals surface area contributed by atoms with Gasteiger partial charge in [0.25, 0.3) is 0 Å². The van der Waals surface area contributed by atoms with Crippen molar-refractivity contribution in [2.45, 2.75) is 13.3 Å². The summed E-state index contributed by atoms with van der Waals surface area (Å²) in [6.07, 6.45) is 0.817. The fourth-order valence-electron chi connectivity index (χ4n) is 1.88. The van der Waals surface area contributed by atoms with Crippen molar-refractivity contribution in [2.75, 3.05) is 19.6 Å². The van der Waals surface area contributed by atoms with Crippen LogP contribution in [0.4, 0.5) is 0 Å². The minimum atomic E-state index is 0.0124. The molecule has 0 atom stereocenters. The lowest BCUT2D eigenvalue weighted by Crippen LogP contribution is -2.30. The Labute approximate surface area is 112 Å². The minimum Gasteiger partial charge on any atom is -0.334 e. The van der Waals surface area contributed by atoms with Crippen LogP contribution in [0, 0.1) is 0 Å². The van der Waals surface area contributed by atoms with E-state index in [1.807, 2.05) is 36.1 Å². The Hall–Kier alpha value is -1.55. The Morgan fingerprint density at radius 1 is 1.50 bits per heavy atom. The Morgan fingerprint density at radius 3 is 3.06 bits per heavy atom. The monoisotopic (exact) mass is 265 g/mol. The molecule has 0 radical (unpaired) electrons. The number of hydrogen-bond donors (Lipinski definition) is 1. The van der Waals surface area contributed by atoms with Crippen molar-refractivity contribution in [1.29, 1.82) is 0 Å². The zero-order valence-corrected chi connectivity index (χ0v) is 11.1. The molecule has 1 saturated heterocycles. The van der Waals surface area contributed by atoms with Crippen molar-refractivity contribution in [2.24, 2.45) is 4.99 Å². The van der Waals surface area contributed by atoms with Crippen LogP contribution in [0.3, 0.4) is 0 Å². The molecule has 96 valence electrons. The van der Waals surface area contributed by atoms with E-state index in [4.69, 9.17) is 11.6 Å². The van der Waals surface area contributed by atoms with Gasteiger partial charge in [0.15, 0.2) is 0 Å². The van der Waals surface area contributed by atoms with Crippen molar-refractivity contribution in [3.63, 3.8) is 0 Å². The third-order valence-electron chi connectivity index (χ3n) is 2.82. The first-order valence-electron chi connectivity index (χ1n) is 6.02. The van der Waals surface area contributed by atoms with Gasteiger partial charge in [0.1, 0.15) is 6.54 Å². The third-order valence-corrected chi connectivity index (χ3v) is 3.05. The van der Waals surface area contributed by atoms with Gasteiger partial charge in [0, 0.05) is 18.1 Å².